The van der Waals surface area contributed by atoms with Crippen LogP contribution in [0.5, 0.6) is 5.75 Å². The molecule has 0 aromatic heterocycles. The van der Waals surface area contributed by atoms with Crippen LogP contribution >= 0.6 is 0 Å². The first-order chi connectivity index (χ1) is 10.9. The Morgan fingerprint density at radius 1 is 1.22 bits per heavy atom. The number of carboxylic acid groups (broad SMARTS) is 1. The first-order valence-corrected chi connectivity index (χ1v) is 8.13. The first-order valence-electron chi connectivity index (χ1n) is 8.13. The number of nitrogens with zero attached hydrogens (tertiary/aromatic N) is 1. The quantitative estimate of drug-likeness (QED) is 0.930. The van der Waals surface area contributed by atoms with E-state index in [1.807, 2.05) is 13.8 Å². The number of aliphatic carboxylic acids is 1. The Labute approximate surface area is 136 Å². The lowest BCUT2D eigenvalue weighted by Crippen LogP contribution is -2.43. The van der Waals surface area contributed by atoms with Crippen LogP contribution in [-0.2, 0) is 4.79 Å². The number of aryl methyl sites for hydroxylation is 2. The van der Waals surface area contributed by atoms with Crippen LogP contribution in [0.4, 0.5) is 0 Å². The number of hydrogen-bond acceptors (Lipinski definition) is 3. The molecule has 3 rings (SSSR count). The Bertz CT molecular complexity index is 631. The van der Waals surface area contributed by atoms with Gasteiger partial charge in [-0.05, 0) is 61.8 Å². The summed E-state index contributed by atoms with van der Waals surface area (Å²) >= 11 is 0. The van der Waals surface area contributed by atoms with Gasteiger partial charge in [-0.3, -0.25) is 4.79 Å². The number of amides is 1. The second-order valence-electron chi connectivity index (χ2n) is 6.74. The molecular weight excluding hydrogens is 294 g/mol. The lowest BCUT2D eigenvalue weighted by Gasteiger charge is -2.25. The molecule has 1 aromatic rings. The van der Waals surface area contributed by atoms with Gasteiger partial charge in [0.1, 0.15) is 11.8 Å². The maximum Gasteiger partial charge on any atom is 0.326 e. The summed E-state index contributed by atoms with van der Waals surface area (Å²) in [6.45, 7) is 4.36. The molecule has 2 aliphatic rings. The van der Waals surface area contributed by atoms with Crippen LogP contribution < -0.4 is 4.74 Å². The Morgan fingerprint density at radius 2 is 1.87 bits per heavy atom. The minimum absolute atomic E-state index is 0.108. The van der Waals surface area contributed by atoms with Crippen LogP contribution in [0.3, 0.4) is 0 Å². The van der Waals surface area contributed by atoms with Crippen LogP contribution in [0.25, 0.3) is 0 Å². The molecule has 1 heterocycles. The fourth-order valence-corrected chi connectivity index (χ4v) is 4.39. The van der Waals surface area contributed by atoms with Gasteiger partial charge in [0.15, 0.2) is 0 Å². The van der Waals surface area contributed by atoms with Crippen LogP contribution in [0.2, 0.25) is 0 Å². The standard InChI is InChI=1S/C18H23NO4/c1-10-7-13(8-11(2)16(10)23-3)17(20)19-9-12-5-4-6-14(12)15(19)18(21)22/h7-8,12,14-15H,4-6,9H2,1-3H3,(H,21,22)/t12-,14+,15-/m0/s1. The fraction of sp³-hybridized carbons (Fsp3) is 0.556. The number of rotatable bonds is 3. The number of ether oxygens (including phenoxy) is 1. The molecule has 23 heavy (non-hydrogen) atoms. The van der Waals surface area contributed by atoms with E-state index in [1.165, 1.54) is 0 Å². The Balaban J connectivity index is 1.92. The molecule has 1 aromatic carbocycles. The molecule has 1 saturated heterocycles. The molecule has 5 nitrogen and oxygen atoms in total. The van der Waals surface area contributed by atoms with Crippen molar-refractivity contribution in [3.05, 3.63) is 28.8 Å². The number of carboxylic acids is 1. The predicted octanol–water partition coefficient (Wildman–Crippen LogP) is 2.64. The third kappa shape index (κ3) is 2.58. The molecule has 0 radical (unpaired) electrons. The summed E-state index contributed by atoms with van der Waals surface area (Å²) in [4.78, 5) is 26.2. The highest BCUT2D eigenvalue weighted by Gasteiger charge is 2.49. The monoisotopic (exact) mass is 317 g/mol. The molecule has 1 aliphatic carbocycles. The van der Waals surface area contributed by atoms with E-state index in [2.05, 4.69) is 0 Å². The highest BCUT2D eigenvalue weighted by Crippen LogP contribution is 2.43. The van der Waals surface area contributed by atoms with Crippen LogP contribution in [0.1, 0.15) is 40.7 Å². The van der Waals surface area contributed by atoms with E-state index in [4.69, 9.17) is 4.74 Å². The molecule has 1 amide bonds. The van der Waals surface area contributed by atoms with Crippen molar-refractivity contribution in [1.82, 2.24) is 4.90 Å². The Kier molecular flexibility index (Phi) is 4.04. The summed E-state index contributed by atoms with van der Waals surface area (Å²) in [7, 11) is 1.61. The van der Waals surface area contributed by atoms with Gasteiger partial charge in [-0.15, -0.1) is 0 Å². The second kappa shape index (κ2) is 5.87. The summed E-state index contributed by atoms with van der Waals surface area (Å²) in [6, 6.07) is 2.90. The highest BCUT2D eigenvalue weighted by atomic mass is 16.5. The number of benzene rings is 1. The van der Waals surface area contributed by atoms with Crippen LogP contribution in [0, 0.1) is 25.7 Å². The minimum Gasteiger partial charge on any atom is -0.496 e. The molecule has 1 N–H and O–H groups in total. The number of hydrogen-bond donors (Lipinski definition) is 1. The van der Waals surface area contributed by atoms with Crippen molar-refractivity contribution in [1.29, 1.82) is 0 Å². The number of carbonyl (C=O) groups excluding carboxylic acids is 1. The molecule has 0 unspecified atom stereocenters. The molecule has 2 fully saturated rings. The molecule has 124 valence electrons. The highest BCUT2D eigenvalue weighted by molar-refractivity contribution is 5.97. The molecule has 3 atom stereocenters. The zero-order valence-electron chi connectivity index (χ0n) is 13.8. The minimum atomic E-state index is -0.880. The predicted molar refractivity (Wildman–Crippen MR) is 85.8 cm³/mol. The van der Waals surface area contributed by atoms with Crippen molar-refractivity contribution in [3.63, 3.8) is 0 Å². The molecule has 0 spiro atoms. The number of carbonyl (C=O) groups is 2. The lowest BCUT2D eigenvalue weighted by atomic mass is 9.94. The van der Waals surface area contributed by atoms with E-state index in [-0.39, 0.29) is 11.8 Å². The SMILES string of the molecule is COc1c(C)cc(C(=O)N2C[C@@H]3CCC[C@H]3[C@H]2C(=O)O)cc1C. The van der Waals surface area contributed by atoms with Gasteiger partial charge in [0.2, 0.25) is 0 Å². The van der Waals surface area contributed by atoms with Crippen molar-refractivity contribution in [2.45, 2.75) is 39.2 Å². The number of fused-ring (bicyclic) bond motifs is 1. The zero-order valence-corrected chi connectivity index (χ0v) is 13.8. The van der Waals surface area contributed by atoms with Gasteiger partial charge in [0.05, 0.1) is 7.11 Å². The van der Waals surface area contributed by atoms with Gasteiger partial charge < -0.3 is 14.7 Å². The Hall–Kier alpha value is -2.04. The van der Waals surface area contributed by atoms with Gasteiger partial charge in [0, 0.05) is 12.1 Å². The second-order valence-corrected chi connectivity index (χ2v) is 6.74. The van der Waals surface area contributed by atoms with E-state index in [9.17, 15) is 14.7 Å². The van der Waals surface area contributed by atoms with Crippen molar-refractivity contribution >= 4 is 11.9 Å². The third-order valence-electron chi connectivity index (χ3n) is 5.32. The summed E-state index contributed by atoms with van der Waals surface area (Å²) in [6.07, 6.45) is 3.01. The van der Waals surface area contributed by atoms with Gasteiger partial charge in [-0.1, -0.05) is 6.42 Å². The maximum absolute atomic E-state index is 12.9. The molecule has 1 saturated carbocycles. The van der Waals surface area contributed by atoms with Gasteiger partial charge >= 0.3 is 5.97 Å². The summed E-state index contributed by atoms with van der Waals surface area (Å²) in [5.41, 5.74) is 2.33. The maximum atomic E-state index is 12.9. The molecule has 5 heteroatoms. The topological polar surface area (TPSA) is 66.8 Å². The zero-order chi connectivity index (χ0) is 16.7. The smallest absolute Gasteiger partial charge is 0.326 e. The van der Waals surface area contributed by atoms with E-state index >= 15 is 0 Å². The molecule has 1 aliphatic heterocycles. The van der Waals surface area contributed by atoms with E-state index in [0.29, 0.717) is 18.0 Å². The molecular formula is C18H23NO4. The summed E-state index contributed by atoms with van der Waals surface area (Å²) in [5, 5.41) is 9.60. The van der Waals surface area contributed by atoms with Crippen LogP contribution in [-0.4, -0.2) is 41.6 Å². The van der Waals surface area contributed by atoms with Crippen molar-refractivity contribution < 1.29 is 19.4 Å². The van der Waals surface area contributed by atoms with E-state index < -0.39 is 12.0 Å². The number of methoxy groups -OCH3 is 1. The summed E-state index contributed by atoms with van der Waals surface area (Å²) < 4.78 is 5.34. The molecule has 0 bridgehead atoms. The van der Waals surface area contributed by atoms with E-state index in [1.54, 1.807) is 24.1 Å². The Morgan fingerprint density at radius 3 is 2.43 bits per heavy atom. The van der Waals surface area contributed by atoms with Crippen molar-refractivity contribution in [2.24, 2.45) is 11.8 Å². The van der Waals surface area contributed by atoms with Crippen molar-refractivity contribution in [2.75, 3.05) is 13.7 Å². The van der Waals surface area contributed by atoms with Crippen LogP contribution in [0.15, 0.2) is 12.1 Å². The number of likely N-dealkylation sites (tertiary alicyclic amines) is 1. The average Bonchev–Trinajstić information content (AvgIpc) is 3.05. The third-order valence-corrected chi connectivity index (χ3v) is 5.32. The van der Waals surface area contributed by atoms with Gasteiger partial charge in [-0.2, -0.15) is 0 Å². The first kappa shape index (κ1) is 15.8. The normalized spacial score (nSPS) is 26.2. The fourth-order valence-electron chi connectivity index (χ4n) is 4.39. The van der Waals surface area contributed by atoms with Gasteiger partial charge in [0.25, 0.3) is 5.91 Å². The van der Waals surface area contributed by atoms with E-state index in [0.717, 1.165) is 36.1 Å². The van der Waals surface area contributed by atoms with Crippen molar-refractivity contribution in [3.8, 4) is 5.75 Å². The lowest BCUT2D eigenvalue weighted by molar-refractivity contribution is -0.142. The summed E-state index contributed by atoms with van der Waals surface area (Å²) in [5.74, 6) is 0.155. The average molecular weight is 317 g/mol. The largest absolute Gasteiger partial charge is 0.496 e. The van der Waals surface area contributed by atoms with Gasteiger partial charge in [-0.25, -0.2) is 4.79 Å².